The molecule has 5 rings (SSSR count). The molecule has 0 bridgehead atoms. The summed E-state index contributed by atoms with van der Waals surface area (Å²) in [4.78, 5) is 47.8. The first-order valence-corrected chi connectivity index (χ1v) is 13.1. The van der Waals surface area contributed by atoms with Crippen molar-refractivity contribution in [2.75, 3.05) is 62.2 Å². The zero-order valence-electron chi connectivity index (χ0n) is 19.3. The Balaban J connectivity index is 1.19. The van der Waals surface area contributed by atoms with Gasteiger partial charge in [0, 0.05) is 63.1 Å². The molecule has 5 heterocycles. The fourth-order valence-electron chi connectivity index (χ4n) is 4.17. The van der Waals surface area contributed by atoms with E-state index in [0.29, 0.717) is 37.6 Å². The van der Waals surface area contributed by atoms with Crippen LogP contribution in [0.5, 0.6) is 0 Å². The van der Waals surface area contributed by atoms with Crippen LogP contribution in [-0.4, -0.2) is 88.9 Å². The van der Waals surface area contributed by atoms with Crippen LogP contribution in [0.1, 0.15) is 32.4 Å². The third-order valence-corrected chi connectivity index (χ3v) is 8.11. The molecule has 9 nitrogen and oxygen atoms in total. The van der Waals surface area contributed by atoms with Gasteiger partial charge in [-0.25, -0.2) is 15.0 Å². The van der Waals surface area contributed by atoms with Gasteiger partial charge < -0.3 is 19.6 Å². The Labute approximate surface area is 206 Å². The van der Waals surface area contributed by atoms with E-state index >= 15 is 0 Å². The van der Waals surface area contributed by atoms with Gasteiger partial charge in [0.15, 0.2) is 10.3 Å². The molecule has 178 valence electrons. The van der Waals surface area contributed by atoms with Gasteiger partial charge in [0.2, 0.25) is 0 Å². The molecule has 34 heavy (non-hydrogen) atoms. The van der Waals surface area contributed by atoms with E-state index in [2.05, 4.69) is 24.8 Å². The number of carbonyl (C=O) groups excluding carboxylic acids is 2. The molecule has 2 aliphatic heterocycles. The smallest absolute Gasteiger partial charge is 0.272 e. The number of nitrogens with zero attached hydrogens (tertiary/aromatic N) is 7. The molecule has 2 amide bonds. The first-order valence-electron chi connectivity index (χ1n) is 11.4. The van der Waals surface area contributed by atoms with E-state index < -0.39 is 0 Å². The maximum absolute atomic E-state index is 13.1. The Hall–Kier alpha value is -3.05. The number of rotatable bonds is 4. The average Bonchev–Trinajstić information content (AvgIpc) is 3.51. The molecule has 0 unspecified atom stereocenters. The van der Waals surface area contributed by atoms with Gasteiger partial charge in [-0.05, 0) is 26.0 Å². The Morgan fingerprint density at radius 1 is 0.676 bits per heavy atom. The second-order valence-corrected chi connectivity index (χ2v) is 10.2. The molecule has 0 N–H and O–H groups in total. The quantitative estimate of drug-likeness (QED) is 0.548. The van der Waals surface area contributed by atoms with Crippen LogP contribution in [0.4, 0.5) is 10.3 Å². The van der Waals surface area contributed by atoms with Gasteiger partial charge in [-0.3, -0.25) is 9.59 Å². The molecular weight excluding hydrogens is 470 g/mol. The number of amides is 2. The molecule has 2 fully saturated rings. The highest BCUT2D eigenvalue weighted by molar-refractivity contribution is 7.14. The molecule has 2 saturated heterocycles. The number of anilines is 2. The van der Waals surface area contributed by atoms with Crippen LogP contribution in [0.2, 0.25) is 0 Å². The second-order valence-electron chi connectivity index (χ2n) is 8.51. The molecule has 0 spiro atoms. The Morgan fingerprint density at radius 3 is 1.44 bits per heavy atom. The van der Waals surface area contributed by atoms with Crippen molar-refractivity contribution < 1.29 is 9.59 Å². The molecule has 0 atom stereocenters. The number of hydrogen-bond donors (Lipinski definition) is 0. The summed E-state index contributed by atoms with van der Waals surface area (Å²) in [7, 11) is 0. The van der Waals surface area contributed by atoms with E-state index in [1.54, 1.807) is 40.9 Å². The lowest BCUT2D eigenvalue weighted by Crippen LogP contribution is -2.49. The van der Waals surface area contributed by atoms with Crippen LogP contribution in [0.15, 0.2) is 29.0 Å². The van der Waals surface area contributed by atoms with Crippen LogP contribution in [0.25, 0.3) is 0 Å². The summed E-state index contributed by atoms with van der Waals surface area (Å²) in [5.41, 5.74) is 2.68. The third kappa shape index (κ3) is 4.76. The van der Waals surface area contributed by atoms with Crippen molar-refractivity contribution in [3.63, 3.8) is 0 Å². The summed E-state index contributed by atoms with van der Waals surface area (Å²) in [6, 6.07) is 5.13. The van der Waals surface area contributed by atoms with E-state index in [0.717, 1.165) is 47.8 Å². The minimum absolute atomic E-state index is 0.131. The van der Waals surface area contributed by atoms with Crippen molar-refractivity contribution in [2.24, 2.45) is 0 Å². The number of carbonyl (C=O) groups is 2. The SMILES string of the molecule is Cc1csc(N2CCN(C(=O)c3cccc(C(=O)N4CCN(c5nc(C)cs5)CC4)n3)CC2)n1. The second kappa shape index (κ2) is 9.67. The molecule has 3 aromatic heterocycles. The topological polar surface area (TPSA) is 85.8 Å². The highest BCUT2D eigenvalue weighted by atomic mass is 32.1. The number of piperazine rings is 2. The Bertz CT molecular complexity index is 1090. The van der Waals surface area contributed by atoms with Crippen molar-refractivity contribution in [1.29, 1.82) is 0 Å². The molecule has 0 aromatic carbocycles. The van der Waals surface area contributed by atoms with Crippen molar-refractivity contribution in [1.82, 2.24) is 24.8 Å². The zero-order chi connectivity index (χ0) is 23.7. The summed E-state index contributed by atoms with van der Waals surface area (Å²) in [5.74, 6) is -0.262. The third-order valence-electron chi connectivity index (χ3n) is 6.08. The van der Waals surface area contributed by atoms with E-state index in [1.165, 1.54) is 0 Å². The van der Waals surface area contributed by atoms with Crippen LogP contribution in [-0.2, 0) is 0 Å². The standard InChI is InChI=1S/C23H27N7O2S2/c1-16-14-33-22(24-16)29-10-6-27(7-11-29)20(31)18-4-3-5-19(26-18)21(32)28-8-12-30(13-9-28)23-25-17(2)15-34-23/h3-5,14-15H,6-13H2,1-2H3. The lowest BCUT2D eigenvalue weighted by molar-refractivity contribution is 0.0733. The monoisotopic (exact) mass is 497 g/mol. The number of thiazole rings is 2. The van der Waals surface area contributed by atoms with E-state index in [-0.39, 0.29) is 11.8 Å². The summed E-state index contributed by atoms with van der Waals surface area (Å²) < 4.78 is 0. The predicted octanol–water partition coefficient (Wildman–Crippen LogP) is 2.54. The van der Waals surface area contributed by atoms with Gasteiger partial charge in [-0.2, -0.15) is 0 Å². The van der Waals surface area contributed by atoms with Crippen molar-refractivity contribution in [3.8, 4) is 0 Å². The number of pyridine rings is 1. The van der Waals surface area contributed by atoms with Crippen LogP contribution in [0.3, 0.4) is 0 Å². The van der Waals surface area contributed by atoms with Crippen molar-refractivity contribution in [3.05, 3.63) is 51.7 Å². The Kier molecular flexibility index (Phi) is 6.46. The van der Waals surface area contributed by atoms with Crippen LogP contribution < -0.4 is 9.80 Å². The summed E-state index contributed by atoms with van der Waals surface area (Å²) >= 11 is 3.26. The lowest BCUT2D eigenvalue weighted by Gasteiger charge is -2.35. The fourth-order valence-corrected chi connectivity index (χ4v) is 5.89. The van der Waals surface area contributed by atoms with Gasteiger partial charge in [0.1, 0.15) is 11.4 Å². The summed E-state index contributed by atoms with van der Waals surface area (Å²) in [6.45, 7) is 9.35. The molecule has 0 saturated carbocycles. The first kappa shape index (κ1) is 22.7. The predicted molar refractivity (Wildman–Crippen MR) is 134 cm³/mol. The molecule has 0 aliphatic carbocycles. The zero-order valence-corrected chi connectivity index (χ0v) is 20.9. The molecular formula is C23H27N7O2S2. The highest BCUT2D eigenvalue weighted by Gasteiger charge is 2.27. The van der Waals surface area contributed by atoms with Crippen molar-refractivity contribution >= 4 is 44.8 Å². The fraction of sp³-hybridized carbons (Fsp3) is 0.435. The minimum Gasteiger partial charge on any atom is -0.345 e. The van der Waals surface area contributed by atoms with Gasteiger partial charge in [0.05, 0.1) is 11.4 Å². The van der Waals surface area contributed by atoms with E-state index in [1.807, 2.05) is 34.4 Å². The maximum Gasteiger partial charge on any atom is 0.272 e. The van der Waals surface area contributed by atoms with E-state index in [4.69, 9.17) is 0 Å². The summed E-state index contributed by atoms with van der Waals surface area (Å²) in [6.07, 6.45) is 0. The number of aromatic nitrogens is 3. The minimum atomic E-state index is -0.131. The van der Waals surface area contributed by atoms with E-state index in [9.17, 15) is 9.59 Å². The summed E-state index contributed by atoms with van der Waals surface area (Å²) in [5, 5.41) is 6.08. The number of hydrogen-bond acceptors (Lipinski definition) is 9. The Morgan fingerprint density at radius 2 is 1.09 bits per heavy atom. The molecule has 0 radical (unpaired) electrons. The van der Waals surface area contributed by atoms with Crippen molar-refractivity contribution in [2.45, 2.75) is 13.8 Å². The molecule has 2 aliphatic rings. The van der Waals surface area contributed by atoms with Crippen LogP contribution >= 0.6 is 22.7 Å². The largest absolute Gasteiger partial charge is 0.345 e. The molecule has 3 aromatic rings. The van der Waals surface area contributed by atoms with Gasteiger partial charge in [-0.1, -0.05) is 6.07 Å². The maximum atomic E-state index is 13.1. The normalized spacial score (nSPS) is 16.8. The van der Waals surface area contributed by atoms with Gasteiger partial charge in [0.25, 0.3) is 11.8 Å². The highest BCUT2D eigenvalue weighted by Crippen LogP contribution is 2.23. The molecule has 11 heteroatoms. The van der Waals surface area contributed by atoms with Gasteiger partial charge in [-0.15, -0.1) is 22.7 Å². The lowest BCUT2D eigenvalue weighted by atomic mass is 10.2. The van der Waals surface area contributed by atoms with Crippen LogP contribution in [0, 0.1) is 13.8 Å². The van der Waals surface area contributed by atoms with Gasteiger partial charge >= 0.3 is 0 Å². The first-order chi connectivity index (χ1) is 16.5. The average molecular weight is 498 g/mol. The number of aryl methyl sites for hydroxylation is 2.